The molecule has 1 atom stereocenters. The molecule has 1 unspecified atom stereocenters. The van der Waals surface area contributed by atoms with Crippen LogP contribution in [0.3, 0.4) is 0 Å². The Labute approximate surface area is 105 Å². The van der Waals surface area contributed by atoms with Gasteiger partial charge in [-0.1, -0.05) is 20.3 Å². The summed E-state index contributed by atoms with van der Waals surface area (Å²) in [6.07, 6.45) is 1.92. The van der Waals surface area contributed by atoms with Crippen LogP contribution in [0, 0.1) is 0 Å². The van der Waals surface area contributed by atoms with E-state index in [1.165, 1.54) is 0 Å². The molecule has 7 heteroatoms. The van der Waals surface area contributed by atoms with Crippen molar-refractivity contribution in [3.8, 4) is 0 Å². The van der Waals surface area contributed by atoms with E-state index in [-0.39, 0.29) is 18.4 Å². The van der Waals surface area contributed by atoms with Crippen molar-refractivity contribution in [2.75, 3.05) is 26.2 Å². The molecule has 1 fully saturated rings. The van der Waals surface area contributed by atoms with Crippen LogP contribution in [0.25, 0.3) is 0 Å². The summed E-state index contributed by atoms with van der Waals surface area (Å²) in [5, 5.41) is 3.23. The zero-order valence-electron chi connectivity index (χ0n) is 9.90. The second-order valence-corrected chi connectivity index (χ2v) is 5.47. The van der Waals surface area contributed by atoms with Gasteiger partial charge in [0.1, 0.15) is 0 Å². The standard InChI is InChI=1S/C9H21N3O2S.ClH/c1-3-5-9-8-10-6-7-12(9)15(13,14)11-4-2;/h9-11H,3-8H2,1-2H3;1H. The molecule has 0 radical (unpaired) electrons. The summed E-state index contributed by atoms with van der Waals surface area (Å²) in [4.78, 5) is 0. The molecule has 98 valence electrons. The average molecular weight is 272 g/mol. The Kier molecular flexibility index (Phi) is 7.50. The number of nitrogens with one attached hydrogen (secondary N) is 2. The van der Waals surface area contributed by atoms with Crippen molar-refractivity contribution in [2.45, 2.75) is 32.7 Å². The lowest BCUT2D eigenvalue weighted by atomic mass is 10.1. The van der Waals surface area contributed by atoms with Crippen LogP contribution in [-0.2, 0) is 10.2 Å². The maximum absolute atomic E-state index is 11.9. The summed E-state index contributed by atoms with van der Waals surface area (Å²) in [6, 6.07) is 0.104. The number of hydrogen-bond acceptors (Lipinski definition) is 3. The molecular formula is C9H22ClN3O2S. The minimum atomic E-state index is -3.26. The van der Waals surface area contributed by atoms with Crippen molar-refractivity contribution in [2.24, 2.45) is 0 Å². The zero-order valence-corrected chi connectivity index (χ0v) is 11.5. The summed E-state index contributed by atoms with van der Waals surface area (Å²) >= 11 is 0. The van der Waals surface area contributed by atoms with E-state index in [0.717, 1.165) is 25.9 Å². The van der Waals surface area contributed by atoms with Gasteiger partial charge < -0.3 is 5.32 Å². The third kappa shape index (κ3) is 4.18. The van der Waals surface area contributed by atoms with E-state index in [1.807, 2.05) is 0 Å². The first-order chi connectivity index (χ1) is 7.11. The third-order valence-electron chi connectivity index (χ3n) is 2.55. The van der Waals surface area contributed by atoms with Gasteiger partial charge in [0.15, 0.2) is 0 Å². The van der Waals surface area contributed by atoms with Crippen LogP contribution in [-0.4, -0.2) is 44.9 Å². The Morgan fingerprint density at radius 1 is 1.44 bits per heavy atom. The van der Waals surface area contributed by atoms with Crippen LogP contribution in [0.5, 0.6) is 0 Å². The van der Waals surface area contributed by atoms with Crippen LogP contribution >= 0.6 is 12.4 Å². The van der Waals surface area contributed by atoms with E-state index >= 15 is 0 Å². The monoisotopic (exact) mass is 271 g/mol. The fourth-order valence-corrected chi connectivity index (χ4v) is 3.34. The molecule has 0 aromatic heterocycles. The highest BCUT2D eigenvalue weighted by molar-refractivity contribution is 7.87. The quantitative estimate of drug-likeness (QED) is 0.758. The molecule has 0 bridgehead atoms. The molecule has 5 nitrogen and oxygen atoms in total. The van der Waals surface area contributed by atoms with Crippen LogP contribution in [0.4, 0.5) is 0 Å². The number of hydrogen-bond donors (Lipinski definition) is 2. The van der Waals surface area contributed by atoms with E-state index < -0.39 is 10.2 Å². The predicted octanol–water partition coefficient (Wildman–Crippen LogP) is 0.336. The normalized spacial score (nSPS) is 22.8. The van der Waals surface area contributed by atoms with Crippen molar-refractivity contribution in [3.05, 3.63) is 0 Å². The van der Waals surface area contributed by atoms with Crippen molar-refractivity contribution >= 4 is 22.6 Å². The Hall–Kier alpha value is 0.120. The maximum atomic E-state index is 11.9. The van der Waals surface area contributed by atoms with Crippen LogP contribution in [0.1, 0.15) is 26.7 Å². The number of piperazine rings is 1. The third-order valence-corrected chi connectivity index (χ3v) is 4.31. The van der Waals surface area contributed by atoms with Crippen LogP contribution in [0.15, 0.2) is 0 Å². The first-order valence-corrected chi connectivity index (χ1v) is 7.03. The van der Waals surface area contributed by atoms with Gasteiger partial charge in [-0.05, 0) is 6.42 Å². The summed E-state index contributed by atoms with van der Waals surface area (Å²) in [7, 11) is -3.26. The maximum Gasteiger partial charge on any atom is 0.279 e. The molecule has 2 N–H and O–H groups in total. The number of halogens is 1. The lowest BCUT2D eigenvalue weighted by Gasteiger charge is -2.34. The largest absolute Gasteiger partial charge is 0.314 e. The molecule has 0 spiro atoms. The first kappa shape index (κ1) is 16.1. The Morgan fingerprint density at radius 2 is 2.12 bits per heavy atom. The highest BCUT2D eigenvalue weighted by atomic mass is 35.5. The summed E-state index contributed by atoms with van der Waals surface area (Å²) < 4.78 is 27.9. The van der Waals surface area contributed by atoms with Crippen LogP contribution < -0.4 is 10.0 Å². The van der Waals surface area contributed by atoms with E-state index in [4.69, 9.17) is 0 Å². The zero-order chi connectivity index (χ0) is 11.3. The molecule has 0 amide bonds. The van der Waals surface area contributed by atoms with Gasteiger partial charge in [0.25, 0.3) is 10.2 Å². The van der Waals surface area contributed by atoms with Crippen molar-refractivity contribution < 1.29 is 8.42 Å². The van der Waals surface area contributed by atoms with Gasteiger partial charge in [-0.3, -0.25) is 0 Å². The Balaban J connectivity index is 0.00000225. The van der Waals surface area contributed by atoms with E-state index in [0.29, 0.717) is 13.1 Å². The Bertz CT molecular complexity index is 282. The van der Waals surface area contributed by atoms with E-state index in [2.05, 4.69) is 17.0 Å². The fourth-order valence-electron chi connectivity index (χ4n) is 1.90. The SMILES string of the molecule is CCCC1CNCCN1S(=O)(=O)NCC.Cl. The second-order valence-electron chi connectivity index (χ2n) is 3.76. The lowest BCUT2D eigenvalue weighted by molar-refractivity contribution is 0.252. The smallest absolute Gasteiger partial charge is 0.279 e. The molecule has 0 aliphatic carbocycles. The van der Waals surface area contributed by atoms with Gasteiger partial charge in [0, 0.05) is 32.2 Å². The minimum Gasteiger partial charge on any atom is -0.314 e. The average Bonchev–Trinajstić information content (AvgIpc) is 2.19. The summed E-state index contributed by atoms with van der Waals surface area (Å²) in [5.41, 5.74) is 0. The highest BCUT2D eigenvalue weighted by Gasteiger charge is 2.30. The molecule has 0 aromatic rings. The van der Waals surface area contributed by atoms with Gasteiger partial charge in [-0.2, -0.15) is 12.7 Å². The molecule has 1 heterocycles. The van der Waals surface area contributed by atoms with Gasteiger partial charge in [0.2, 0.25) is 0 Å². The molecule has 1 aliphatic rings. The van der Waals surface area contributed by atoms with Gasteiger partial charge in [-0.25, -0.2) is 4.72 Å². The summed E-state index contributed by atoms with van der Waals surface area (Å²) in [6.45, 7) is 6.40. The first-order valence-electron chi connectivity index (χ1n) is 5.59. The lowest BCUT2D eigenvalue weighted by Crippen LogP contribution is -2.56. The van der Waals surface area contributed by atoms with Crippen molar-refractivity contribution in [3.63, 3.8) is 0 Å². The number of nitrogens with zero attached hydrogens (tertiary/aromatic N) is 1. The van der Waals surface area contributed by atoms with Gasteiger partial charge in [-0.15, -0.1) is 12.4 Å². The molecule has 1 aliphatic heterocycles. The van der Waals surface area contributed by atoms with Gasteiger partial charge in [0.05, 0.1) is 0 Å². The molecule has 1 saturated heterocycles. The number of rotatable bonds is 5. The highest BCUT2D eigenvalue weighted by Crippen LogP contribution is 2.12. The Morgan fingerprint density at radius 3 is 2.69 bits per heavy atom. The topological polar surface area (TPSA) is 61.4 Å². The van der Waals surface area contributed by atoms with Gasteiger partial charge >= 0.3 is 0 Å². The van der Waals surface area contributed by atoms with E-state index in [1.54, 1.807) is 11.2 Å². The fraction of sp³-hybridized carbons (Fsp3) is 1.00. The van der Waals surface area contributed by atoms with E-state index in [9.17, 15) is 8.42 Å². The molecule has 1 rings (SSSR count). The van der Waals surface area contributed by atoms with Crippen molar-refractivity contribution in [1.82, 2.24) is 14.3 Å². The summed E-state index contributed by atoms with van der Waals surface area (Å²) in [5.74, 6) is 0. The molecule has 16 heavy (non-hydrogen) atoms. The predicted molar refractivity (Wildman–Crippen MR) is 68.1 cm³/mol. The molecule has 0 aromatic carbocycles. The van der Waals surface area contributed by atoms with Crippen LogP contribution in [0.2, 0.25) is 0 Å². The minimum absolute atomic E-state index is 0. The molecular weight excluding hydrogens is 250 g/mol. The second kappa shape index (κ2) is 7.45. The molecule has 0 saturated carbocycles. The van der Waals surface area contributed by atoms with Crippen molar-refractivity contribution in [1.29, 1.82) is 0 Å².